The van der Waals surface area contributed by atoms with Crippen molar-refractivity contribution in [1.29, 1.82) is 0 Å². The third-order valence-corrected chi connectivity index (χ3v) is 4.82. The molecule has 1 aliphatic heterocycles. The van der Waals surface area contributed by atoms with Gasteiger partial charge in [0.15, 0.2) is 0 Å². The van der Waals surface area contributed by atoms with Gasteiger partial charge in [-0.3, -0.25) is 4.90 Å². The molecule has 3 nitrogen and oxygen atoms in total. The second-order valence-electron chi connectivity index (χ2n) is 6.89. The molecule has 0 bridgehead atoms. The zero-order valence-electron chi connectivity index (χ0n) is 14.7. The summed E-state index contributed by atoms with van der Waals surface area (Å²) in [5.41, 5.74) is 3.07. The molecule has 0 radical (unpaired) electrons. The van der Waals surface area contributed by atoms with Crippen molar-refractivity contribution in [2.24, 2.45) is 5.92 Å². The van der Waals surface area contributed by atoms with Gasteiger partial charge in [-0.15, -0.1) is 0 Å². The van der Waals surface area contributed by atoms with E-state index in [1.807, 2.05) is 24.3 Å². The zero-order chi connectivity index (χ0) is 17.6. The molecule has 1 N–H and O–H groups in total. The maximum absolute atomic E-state index is 13.7. The first-order valence-electron chi connectivity index (χ1n) is 8.94. The Hall–Kier alpha value is -1.91. The second-order valence-corrected chi connectivity index (χ2v) is 6.89. The van der Waals surface area contributed by atoms with E-state index in [4.69, 9.17) is 9.84 Å². The lowest BCUT2D eigenvalue weighted by atomic mass is 9.98. The number of aliphatic hydroxyl groups excluding tert-OH is 1. The van der Waals surface area contributed by atoms with Crippen LogP contribution in [-0.2, 0) is 13.0 Å². The molecular formula is C21H26FNO2. The first-order valence-corrected chi connectivity index (χ1v) is 8.94. The maximum atomic E-state index is 13.7. The Balaban J connectivity index is 1.50. The van der Waals surface area contributed by atoms with Gasteiger partial charge in [0.1, 0.15) is 18.2 Å². The van der Waals surface area contributed by atoms with Gasteiger partial charge in [0.25, 0.3) is 0 Å². The monoisotopic (exact) mass is 343 g/mol. The van der Waals surface area contributed by atoms with Crippen LogP contribution in [0.2, 0.25) is 0 Å². The molecule has 1 atom stereocenters. The summed E-state index contributed by atoms with van der Waals surface area (Å²) < 4.78 is 19.1. The highest BCUT2D eigenvalue weighted by Gasteiger charge is 2.22. The number of aliphatic hydroxyl groups is 1. The number of rotatable bonds is 7. The van der Waals surface area contributed by atoms with Crippen LogP contribution in [-0.4, -0.2) is 36.3 Å². The first kappa shape index (κ1) is 17.9. The highest BCUT2D eigenvalue weighted by Crippen LogP contribution is 2.24. The number of halogens is 1. The largest absolute Gasteiger partial charge is 0.491 e. The van der Waals surface area contributed by atoms with Gasteiger partial charge in [-0.05, 0) is 67.1 Å². The van der Waals surface area contributed by atoms with Crippen molar-refractivity contribution >= 4 is 0 Å². The smallest absolute Gasteiger partial charge is 0.126 e. The van der Waals surface area contributed by atoms with Gasteiger partial charge in [-0.1, -0.05) is 24.3 Å². The molecule has 0 saturated carbocycles. The van der Waals surface area contributed by atoms with Crippen LogP contribution in [0.1, 0.15) is 23.1 Å². The Kier molecular flexibility index (Phi) is 6.05. The number of aryl methyl sites for hydroxylation is 1. The molecule has 25 heavy (non-hydrogen) atoms. The topological polar surface area (TPSA) is 32.7 Å². The van der Waals surface area contributed by atoms with E-state index in [0.717, 1.165) is 43.8 Å². The van der Waals surface area contributed by atoms with Crippen LogP contribution >= 0.6 is 0 Å². The number of hydrogen-bond donors (Lipinski definition) is 1. The van der Waals surface area contributed by atoms with Gasteiger partial charge in [0, 0.05) is 13.1 Å². The average molecular weight is 343 g/mol. The van der Waals surface area contributed by atoms with Gasteiger partial charge in [0.2, 0.25) is 0 Å². The molecule has 1 fully saturated rings. The molecule has 2 aromatic rings. The van der Waals surface area contributed by atoms with Crippen LogP contribution < -0.4 is 4.74 Å². The Morgan fingerprint density at radius 2 is 1.92 bits per heavy atom. The van der Waals surface area contributed by atoms with Crippen LogP contribution in [0.4, 0.5) is 4.39 Å². The van der Waals surface area contributed by atoms with Crippen molar-refractivity contribution in [2.75, 3.05) is 26.3 Å². The molecule has 1 aliphatic rings. The predicted molar refractivity (Wildman–Crippen MR) is 97.2 cm³/mol. The van der Waals surface area contributed by atoms with Gasteiger partial charge >= 0.3 is 0 Å². The number of benzene rings is 2. The lowest BCUT2D eigenvalue weighted by Gasteiger charge is -2.16. The molecule has 4 heteroatoms. The molecule has 3 rings (SSSR count). The van der Waals surface area contributed by atoms with E-state index in [9.17, 15) is 4.39 Å². The average Bonchev–Trinajstić information content (AvgIpc) is 3.04. The van der Waals surface area contributed by atoms with E-state index < -0.39 is 0 Å². The first-order chi connectivity index (χ1) is 12.1. The Labute approximate surface area is 149 Å². The van der Waals surface area contributed by atoms with Crippen molar-refractivity contribution in [1.82, 2.24) is 4.90 Å². The molecular weight excluding hydrogens is 317 g/mol. The van der Waals surface area contributed by atoms with Crippen LogP contribution in [0, 0.1) is 18.7 Å². The summed E-state index contributed by atoms with van der Waals surface area (Å²) in [4.78, 5) is 2.46. The number of likely N-dealkylation sites (tertiary alicyclic amines) is 1. The third kappa shape index (κ3) is 5.03. The third-order valence-electron chi connectivity index (χ3n) is 4.82. The minimum Gasteiger partial charge on any atom is -0.491 e. The fourth-order valence-electron chi connectivity index (χ4n) is 3.43. The normalized spacial score (nSPS) is 17.8. The zero-order valence-corrected chi connectivity index (χ0v) is 14.7. The Morgan fingerprint density at radius 1 is 1.16 bits per heavy atom. The van der Waals surface area contributed by atoms with E-state index in [1.165, 1.54) is 5.56 Å². The van der Waals surface area contributed by atoms with Gasteiger partial charge in [0.05, 0.1) is 6.61 Å². The minimum absolute atomic E-state index is 0.0296. The molecule has 0 amide bonds. The lowest BCUT2D eigenvalue weighted by molar-refractivity contribution is 0.201. The molecule has 1 saturated heterocycles. The summed E-state index contributed by atoms with van der Waals surface area (Å²) in [6.45, 7) is 5.23. The van der Waals surface area contributed by atoms with Crippen molar-refractivity contribution < 1.29 is 14.2 Å². The lowest BCUT2D eigenvalue weighted by Crippen LogP contribution is -2.20. The fraction of sp³-hybridized carbons (Fsp3) is 0.429. The van der Waals surface area contributed by atoms with Crippen molar-refractivity contribution in [2.45, 2.75) is 26.3 Å². The summed E-state index contributed by atoms with van der Waals surface area (Å²) in [6.07, 6.45) is 2.11. The van der Waals surface area contributed by atoms with Crippen LogP contribution in [0.25, 0.3) is 0 Å². The quantitative estimate of drug-likeness (QED) is 0.834. The number of ether oxygens (including phenoxy) is 1. The predicted octanol–water partition coefficient (Wildman–Crippen LogP) is 3.57. The van der Waals surface area contributed by atoms with Gasteiger partial charge in [-0.25, -0.2) is 4.39 Å². The van der Waals surface area contributed by atoms with E-state index in [1.54, 1.807) is 13.0 Å². The highest BCUT2D eigenvalue weighted by atomic mass is 19.1. The summed E-state index contributed by atoms with van der Waals surface area (Å²) in [5, 5.41) is 8.78. The molecule has 2 aromatic carbocycles. The minimum atomic E-state index is -0.101. The van der Waals surface area contributed by atoms with Crippen molar-refractivity contribution in [3.05, 3.63) is 65.0 Å². The molecule has 1 unspecified atom stereocenters. The van der Waals surface area contributed by atoms with E-state index in [2.05, 4.69) is 17.0 Å². The van der Waals surface area contributed by atoms with E-state index in [-0.39, 0.29) is 12.4 Å². The molecule has 0 aliphatic carbocycles. The van der Waals surface area contributed by atoms with E-state index >= 15 is 0 Å². The van der Waals surface area contributed by atoms with Crippen LogP contribution in [0.3, 0.4) is 0 Å². The summed E-state index contributed by atoms with van der Waals surface area (Å²) in [5.74, 6) is 1.28. The van der Waals surface area contributed by atoms with Crippen LogP contribution in [0.15, 0.2) is 42.5 Å². The van der Waals surface area contributed by atoms with E-state index in [0.29, 0.717) is 18.1 Å². The van der Waals surface area contributed by atoms with Crippen molar-refractivity contribution in [3.63, 3.8) is 0 Å². The fourth-order valence-corrected chi connectivity index (χ4v) is 3.43. The molecule has 1 heterocycles. The Morgan fingerprint density at radius 3 is 2.64 bits per heavy atom. The molecule has 134 valence electrons. The Bertz CT molecular complexity index is 687. The van der Waals surface area contributed by atoms with Crippen molar-refractivity contribution in [3.8, 4) is 5.75 Å². The summed E-state index contributed by atoms with van der Waals surface area (Å²) in [7, 11) is 0. The van der Waals surface area contributed by atoms with Gasteiger partial charge in [-0.2, -0.15) is 0 Å². The SMILES string of the molecule is Cc1ccc(CC2CCN(Cc3ccc(OCCO)cc3)C2)cc1F. The van der Waals surface area contributed by atoms with Gasteiger partial charge < -0.3 is 9.84 Å². The number of hydrogen-bond acceptors (Lipinski definition) is 3. The summed E-state index contributed by atoms with van der Waals surface area (Å²) >= 11 is 0. The molecule has 0 spiro atoms. The maximum Gasteiger partial charge on any atom is 0.126 e. The molecule has 0 aromatic heterocycles. The summed E-state index contributed by atoms with van der Waals surface area (Å²) in [6, 6.07) is 13.7. The number of nitrogens with zero attached hydrogens (tertiary/aromatic N) is 1. The van der Waals surface area contributed by atoms with Crippen LogP contribution in [0.5, 0.6) is 5.75 Å². The second kappa shape index (κ2) is 8.45. The highest BCUT2D eigenvalue weighted by molar-refractivity contribution is 5.27. The standard InChI is InChI=1S/C21H26FNO2/c1-16-2-3-18(13-21(16)22)12-19-8-9-23(15-19)14-17-4-6-20(7-5-17)25-11-10-24/h2-7,13,19,24H,8-12,14-15H2,1H3.